The lowest BCUT2D eigenvalue weighted by molar-refractivity contribution is -0.146. The predicted octanol–water partition coefficient (Wildman–Crippen LogP) is 5.95. The number of esters is 2. The first-order valence-corrected chi connectivity index (χ1v) is 11.5. The van der Waals surface area contributed by atoms with Crippen LogP contribution >= 0.6 is 0 Å². The molecule has 0 aromatic rings. The van der Waals surface area contributed by atoms with Crippen LogP contribution in [0.25, 0.3) is 0 Å². The molecule has 0 amide bonds. The molecule has 0 saturated heterocycles. The van der Waals surface area contributed by atoms with Gasteiger partial charge in [-0.25, -0.2) is 9.59 Å². The number of unbranched alkanes of at least 4 members (excludes halogenated alkanes) is 7. The number of rotatable bonds is 17. The third-order valence-corrected chi connectivity index (χ3v) is 5.14. The fourth-order valence-corrected chi connectivity index (χ4v) is 3.46. The van der Waals surface area contributed by atoms with Crippen LogP contribution in [0.1, 0.15) is 105 Å². The van der Waals surface area contributed by atoms with Crippen molar-refractivity contribution in [3.63, 3.8) is 0 Å². The fourth-order valence-electron chi connectivity index (χ4n) is 3.46. The fraction of sp³-hybridized carbons (Fsp3) is 0.792. The first-order chi connectivity index (χ1) is 13.9. The van der Waals surface area contributed by atoms with E-state index in [1.54, 1.807) is 20.8 Å². The van der Waals surface area contributed by atoms with Crippen molar-refractivity contribution in [2.45, 2.75) is 105 Å². The molecule has 5 heteroatoms. The Bertz CT molecular complexity index is 501. The van der Waals surface area contributed by atoms with Crippen LogP contribution in [0, 0.1) is 5.92 Å². The van der Waals surface area contributed by atoms with Crippen LogP contribution in [0.4, 0.5) is 0 Å². The molecule has 1 unspecified atom stereocenters. The number of hydrogen-bond donors (Lipinski definition) is 0. The van der Waals surface area contributed by atoms with Gasteiger partial charge in [0.15, 0.2) is 0 Å². The summed E-state index contributed by atoms with van der Waals surface area (Å²) < 4.78 is 10.2. The minimum Gasteiger partial charge on any atom is -0.462 e. The first kappa shape index (κ1) is 27.4. The zero-order chi connectivity index (χ0) is 22.1. The molecule has 0 heterocycles. The summed E-state index contributed by atoms with van der Waals surface area (Å²) in [5.41, 5.74) is 0.389. The molecule has 0 bridgehead atoms. The van der Waals surface area contributed by atoms with Crippen LogP contribution in [0.3, 0.4) is 0 Å². The first-order valence-electron chi connectivity index (χ1n) is 11.5. The number of allylic oxidation sites excluding steroid dienone is 1. The Labute approximate surface area is 177 Å². The topological polar surface area (TPSA) is 69.7 Å². The summed E-state index contributed by atoms with van der Waals surface area (Å²) in [5.74, 6) is -1.71. The lowest BCUT2D eigenvalue weighted by atomic mass is 9.85. The van der Waals surface area contributed by atoms with E-state index in [-0.39, 0.29) is 24.6 Å². The highest BCUT2D eigenvalue weighted by Gasteiger charge is 2.30. The lowest BCUT2D eigenvalue weighted by Gasteiger charge is -2.19. The van der Waals surface area contributed by atoms with Crippen molar-refractivity contribution >= 4 is 17.7 Å². The SMILES string of the molecule is CCCCCCCCC(=O)C(CCCCC)C(C)=C(C(=O)OCC)C(=O)OCC. The summed E-state index contributed by atoms with van der Waals surface area (Å²) in [7, 11) is 0. The Kier molecular flexibility index (Phi) is 16.2. The van der Waals surface area contributed by atoms with Crippen LogP contribution in [0.15, 0.2) is 11.1 Å². The smallest absolute Gasteiger partial charge is 0.345 e. The second kappa shape index (κ2) is 17.2. The third-order valence-electron chi connectivity index (χ3n) is 5.14. The van der Waals surface area contributed by atoms with E-state index in [4.69, 9.17) is 9.47 Å². The van der Waals surface area contributed by atoms with Crippen molar-refractivity contribution in [2.24, 2.45) is 5.92 Å². The quantitative estimate of drug-likeness (QED) is 0.0975. The van der Waals surface area contributed by atoms with Crippen molar-refractivity contribution < 1.29 is 23.9 Å². The average molecular weight is 411 g/mol. The molecule has 0 fully saturated rings. The highest BCUT2D eigenvalue weighted by molar-refractivity contribution is 6.15. The molecule has 0 radical (unpaired) electrons. The van der Waals surface area contributed by atoms with E-state index in [1.165, 1.54) is 19.3 Å². The molecule has 0 saturated carbocycles. The van der Waals surface area contributed by atoms with Crippen LogP contribution < -0.4 is 0 Å². The van der Waals surface area contributed by atoms with Gasteiger partial charge in [-0.1, -0.05) is 65.2 Å². The van der Waals surface area contributed by atoms with Gasteiger partial charge >= 0.3 is 11.9 Å². The van der Waals surface area contributed by atoms with Crippen molar-refractivity contribution in [1.29, 1.82) is 0 Å². The zero-order valence-corrected chi connectivity index (χ0v) is 19.3. The van der Waals surface area contributed by atoms with E-state index >= 15 is 0 Å². The Morgan fingerprint density at radius 1 is 0.690 bits per heavy atom. The van der Waals surface area contributed by atoms with E-state index in [1.807, 2.05) is 0 Å². The summed E-state index contributed by atoms with van der Waals surface area (Å²) in [6.45, 7) is 9.72. The maximum Gasteiger partial charge on any atom is 0.345 e. The van der Waals surface area contributed by atoms with E-state index < -0.39 is 17.9 Å². The molecule has 0 aliphatic rings. The molecule has 0 aromatic heterocycles. The maximum absolute atomic E-state index is 13.0. The molecule has 0 aliphatic heterocycles. The van der Waals surface area contributed by atoms with Crippen LogP contribution in [0.5, 0.6) is 0 Å². The summed E-state index contributed by atoms with van der Waals surface area (Å²) in [6, 6.07) is 0. The summed E-state index contributed by atoms with van der Waals surface area (Å²) >= 11 is 0. The van der Waals surface area contributed by atoms with E-state index in [9.17, 15) is 14.4 Å². The molecule has 5 nitrogen and oxygen atoms in total. The van der Waals surface area contributed by atoms with Crippen molar-refractivity contribution in [3.05, 3.63) is 11.1 Å². The molecule has 0 aliphatic carbocycles. The van der Waals surface area contributed by atoms with E-state index in [2.05, 4.69) is 13.8 Å². The standard InChI is InChI=1S/C24H42O5/c1-6-10-12-13-14-16-18-21(25)20(17-15-11-7-2)19(5)22(23(26)28-8-3)24(27)29-9-4/h20H,6-18H2,1-5H3. The van der Waals surface area contributed by atoms with Gasteiger partial charge in [-0.15, -0.1) is 0 Å². The van der Waals surface area contributed by atoms with Crippen molar-refractivity contribution in [2.75, 3.05) is 13.2 Å². The molecule has 0 N–H and O–H groups in total. The van der Waals surface area contributed by atoms with Crippen LogP contribution in [-0.2, 0) is 23.9 Å². The molecule has 0 spiro atoms. The zero-order valence-electron chi connectivity index (χ0n) is 19.3. The van der Waals surface area contributed by atoms with Gasteiger partial charge in [0.1, 0.15) is 11.4 Å². The second-order valence-electron chi connectivity index (χ2n) is 7.53. The van der Waals surface area contributed by atoms with Crippen molar-refractivity contribution in [1.82, 2.24) is 0 Å². The van der Waals surface area contributed by atoms with Gasteiger partial charge < -0.3 is 9.47 Å². The monoisotopic (exact) mass is 410 g/mol. The minimum absolute atomic E-state index is 0.105. The predicted molar refractivity (Wildman–Crippen MR) is 117 cm³/mol. The average Bonchev–Trinajstić information content (AvgIpc) is 2.68. The van der Waals surface area contributed by atoms with E-state index in [0.29, 0.717) is 18.4 Å². The Hall–Kier alpha value is -1.65. The normalized spacial score (nSPS) is 11.6. The Morgan fingerprint density at radius 3 is 1.69 bits per heavy atom. The van der Waals surface area contributed by atoms with Gasteiger partial charge in [-0.3, -0.25) is 4.79 Å². The number of hydrogen-bond acceptors (Lipinski definition) is 5. The van der Waals surface area contributed by atoms with Gasteiger partial charge in [0.05, 0.1) is 13.2 Å². The maximum atomic E-state index is 13.0. The number of ketones is 1. The van der Waals surface area contributed by atoms with Gasteiger partial charge in [0.25, 0.3) is 0 Å². The summed E-state index contributed by atoms with van der Waals surface area (Å²) in [5, 5.41) is 0. The number of carbonyl (C=O) groups is 3. The van der Waals surface area contributed by atoms with E-state index in [0.717, 1.165) is 38.5 Å². The molecular formula is C24H42O5. The Balaban J connectivity index is 5.40. The summed E-state index contributed by atoms with van der Waals surface area (Å²) in [6.07, 6.45) is 10.8. The largest absolute Gasteiger partial charge is 0.462 e. The van der Waals surface area contributed by atoms with Crippen molar-refractivity contribution in [3.8, 4) is 0 Å². The van der Waals surface area contributed by atoms with Gasteiger partial charge in [-0.05, 0) is 39.2 Å². The van der Waals surface area contributed by atoms with Crippen LogP contribution in [-0.4, -0.2) is 30.9 Å². The molecule has 0 aromatic carbocycles. The van der Waals surface area contributed by atoms with Gasteiger partial charge in [-0.2, -0.15) is 0 Å². The number of Topliss-reactive ketones (excluding diaryl/α,β-unsaturated/α-hetero) is 1. The molecular weight excluding hydrogens is 368 g/mol. The number of carbonyl (C=O) groups excluding carboxylic acids is 3. The molecule has 29 heavy (non-hydrogen) atoms. The molecule has 1 atom stereocenters. The number of ether oxygens (including phenoxy) is 2. The third kappa shape index (κ3) is 11.2. The van der Waals surface area contributed by atoms with Gasteiger partial charge in [0, 0.05) is 12.3 Å². The highest BCUT2D eigenvalue weighted by atomic mass is 16.6. The Morgan fingerprint density at radius 2 is 1.17 bits per heavy atom. The molecule has 168 valence electrons. The lowest BCUT2D eigenvalue weighted by Crippen LogP contribution is -2.25. The molecule has 0 rings (SSSR count). The van der Waals surface area contributed by atoms with Crippen LogP contribution in [0.2, 0.25) is 0 Å². The highest BCUT2D eigenvalue weighted by Crippen LogP contribution is 2.26. The van der Waals surface area contributed by atoms with Gasteiger partial charge in [0.2, 0.25) is 0 Å². The summed E-state index contributed by atoms with van der Waals surface area (Å²) in [4.78, 5) is 37.8. The minimum atomic E-state index is -0.698. The second-order valence-corrected chi connectivity index (χ2v) is 7.53.